The van der Waals surface area contributed by atoms with E-state index in [1.807, 2.05) is 0 Å². The second kappa shape index (κ2) is 8.16. The Morgan fingerprint density at radius 2 is 1.50 bits per heavy atom. The van der Waals surface area contributed by atoms with Crippen LogP contribution >= 0.6 is 0 Å². The molecule has 0 heterocycles. The van der Waals surface area contributed by atoms with E-state index in [2.05, 4.69) is 18.7 Å². The highest BCUT2D eigenvalue weighted by atomic mass is 28.4. The number of hydrogen-bond donors (Lipinski definition) is 1. The van der Waals surface area contributed by atoms with Crippen molar-refractivity contribution in [2.45, 2.75) is 32.5 Å². The van der Waals surface area contributed by atoms with Gasteiger partial charge < -0.3 is 19.0 Å². The van der Waals surface area contributed by atoms with Crippen molar-refractivity contribution in [3.8, 4) is 0 Å². The molecule has 2 N–H and O–H groups in total. The van der Waals surface area contributed by atoms with Gasteiger partial charge >= 0.3 is 8.80 Å². The molecule has 0 aliphatic carbocycles. The summed E-state index contributed by atoms with van der Waals surface area (Å²) >= 11 is 0. The Balaban J connectivity index is 4.19. The fourth-order valence-corrected chi connectivity index (χ4v) is 3.52. The van der Waals surface area contributed by atoms with Crippen LogP contribution in [0.1, 0.15) is 20.3 Å². The van der Waals surface area contributed by atoms with Gasteiger partial charge in [0.2, 0.25) is 0 Å². The van der Waals surface area contributed by atoms with E-state index in [4.69, 9.17) is 19.0 Å². The lowest BCUT2D eigenvalue weighted by atomic mass is 10.3. The van der Waals surface area contributed by atoms with Crippen molar-refractivity contribution >= 4 is 8.80 Å². The van der Waals surface area contributed by atoms with Crippen LogP contribution in [0.2, 0.25) is 6.04 Å². The minimum Gasteiger partial charge on any atom is -0.377 e. The van der Waals surface area contributed by atoms with Gasteiger partial charge in [-0.2, -0.15) is 0 Å². The Hall–Kier alpha value is 0.0169. The fraction of sp³-hybridized carbons (Fsp3) is 1.00. The Bertz CT molecular complexity index is 167. The van der Waals surface area contributed by atoms with Gasteiger partial charge in [0.05, 0.1) is 6.17 Å². The predicted molar refractivity (Wildman–Crippen MR) is 67.1 cm³/mol. The maximum atomic E-state index is 6.09. The summed E-state index contributed by atoms with van der Waals surface area (Å²) in [5, 5.41) is 0. The van der Waals surface area contributed by atoms with E-state index in [0.717, 1.165) is 25.6 Å². The average Bonchev–Trinajstić information content (AvgIpc) is 2.33. The summed E-state index contributed by atoms with van der Waals surface area (Å²) < 4.78 is 16.1. The topological polar surface area (TPSA) is 57.0 Å². The highest BCUT2D eigenvalue weighted by Crippen LogP contribution is 2.16. The van der Waals surface area contributed by atoms with Gasteiger partial charge in [-0.15, -0.1) is 0 Å². The summed E-state index contributed by atoms with van der Waals surface area (Å²) in [6.07, 6.45) is 0.867. The molecule has 0 aliphatic heterocycles. The molecule has 98 valence electrons. The van der Waals surface area contributed by atoms with Gasteiger partial charge in [0.1, 0.15) is 0 Å². The number of rotatable bonds is 9. The van der Waals surface area contributed by atoms with Crippen molar-refractivity contribution in [1.29, 1.82) is 0 Å². The molecule has 5 nitrogen and oxygen atoms in total. The molecule has 0 fully saturated rings. The van der Waals surface area contributed by atoms with Gasteiger partial charge in [0.25, 0.3) is 0 Å². The van der Waals surface area contributed by atoms with Crippen molar-refractivity contribution < 1.29 is 13.3 Å². The van der Waals surface area contributed by atoms with Crippen molar-refractivity contribution in [3.05, 3.63) is 0 Å². The van der Waals surface area contributed by atoms with Crippen molar-refractivity contribution in [2.75, 3.05) is 34.4 Å². The molecule has 0 aliphatic rings. The van der Waals surface area contributed by atoms with Crippen LogP contribution in [-0.4, -0.2) is 54.3 Å². The molecule has 0 aromatic carbocycles. The number of nitrogens with two attached hydrogens (primary N) is 1. The van der Waals surface area contributed by atoms with E-state index in [1.54, 1.807) is 21.3 Å². The molecule has 0 radical (unpaired) electrons. The van der Waals surface area contributed by atoms with Crippen LogP contribution in [0.4, 0.5) is 0 Å². The second-order valence-corrected chi connectivity index (χ2v) is 6.71. The first-order valence-electron chi connectivity index (χ1n) is 5.74. The summed E-state index contributed by atoms with van der Waals surface area (Å²) in [5.74, 6) is 0. The van der Waals surface area contributed by atoms with Gasteiger partial charge in [-0.3, -0.25) is 4.90 Å². The van der Waals surface area contributed by atoms with Gasteiger partial charge in [-0.05, 0) is 19.5 Å². The minimum absolute atomic E-state index is 0.0438. The first-order valence-corrected chi connectivity index (χ1v) is 7.67. The van der Waals surface area contributed by atoms with Crippen molar-refractivity contribution in [1.82, 2.24) is 4.90 Å². The number of hydrogen-bond acceptors (Lipinski definition) is 5. The zero-order chi connectivity index (χ0) is 12.6. The first kappa shape index (κ1) is 16.0. The van der Waals surface area contributed by atoms with E-state index in [0.29, 0.717) is 0 Å². The molecule has 16 heavy (non-hydrogen) atoms. The summed E-state index contributed by atoms with van der Waals surface area (Å²) in [7, 11) is 2.42. The van der Waals surface area contributed by atoms with E-state index >= 15 is 0 Å². The maximum Gasteiger partial charge on any atom is 0.500 e. The van der Waals surface area contributed by atoms with Crippen LogP contribution in [0.15, 0.2) is 0 Å². The lowest BCUT2D eigenvalue weighted by molar-refractivity contribution is 0.117. The van der Waals surface area contributed by atoms with Crippen LogP contribution in [0.5, 0.6) is 0 Å². The Morgan fingerprint density at radius 1 is 1.06 bits per heavy atom. The maximum absolute atomic E-state index is 6.09. The third-order valence-corrected chi connectivity index (χ3v) is 5.73. The minimum atomic E-state index is -2.46. The molecular weight excluding hydrogens is 224 g/mol. The number of nitrogens with zero attached hydrogens (tertiary/aromatic N) is 1. The summed E-state index contributed by atoms with van der Waals surface area (Å²) in [6, 6.07) is 0.744. The SMILES string of the molecule is CCN(CC)C(N)CC[Si](OC)(OC)OC. The van der Waals surface area contributed by atoms with Crippen molar-refractivity contribution in [2.24, 2.45) is 5.73 Å². The highest BCUT2D eigenvalue weighted by molar-refractivity contribution is 6.60. The molecule has 0 aromatic rings. The van der Waals surface area contributed by atoms with Crippen LogP contribution in [0.3, 0.4) is 0 Å². The molecule has 0 amide bonds. The van der Waals surface area contributed by atoms with Gasteiger partial charge in [0, 0.05) is 27.4 Å². The Labute approximate surface area is 100 Å². The average molecular weight is 250 g/mol. The fourth-order valence-electron chi connectivity index (χ4n) is 1.76. The Morgan fingerprint density at radius 3 is 1.81 bits per heavy atom. The van der Waals surface area contributed by atoms with Crippen LogP contribution in [0.25, 0.3) is 0 Å². The van der Waals surface area contributed by atoms with Crippen LogP contribution < -0.4 is 5.73 Å². The standard InChI is InChI=1S/C10H26N2O3Si/c1-6-12(7-2)10(11)8-9-16(13-3,14-4)15-5/h10H,6-9,11H2,1-5H3. The molecule has 6 heteroatoms. The molecule has 0 spiro atoms. The molecular formula is C10H26N2O3Si. The van der Waals surface area contributed by atoms with E-state index in [1.165, 1.54) is 0 Å². The summed E-state index contributed by atoms with van der Waals surface area (Å²) in [6.45, 7) is 6.13. The predicted octanol–water partition coefficient (Wildman–Crippen LogP) is 0.881. The second-order valence-electron chi connectivity index (χ2n) is 3.62. The van der Waals surface area contributed by atoms with Crippen molar-refractivity contribution in [3.63, 3.8) is 0 Å². The molecule has 0 aromatic heterocycles. The third kappa shape index (κ3) is 4.48. The summed E-state index contributed by atoms with van der Waals surface area (Å²) in [4.78, 5) is 2.21. The molecule has 1 unspecified atom stereocenters. The molecule has 0 bridgehead atoms. The van der Waals surface area contributed by atoms with Gasteiger partial charge in [-0.1, -0.05) is 13.8 Å². The normalized spacial score (nSPS) is 14.4. The lowest BCUT2D eigenvalue weighted by Crippen LogP contribution is -2.47. The summed E-state index contributed by atoms with van der Waals surface area (Å²) in [5.41, 5.74) is 6.09. The zero-order valence-corrected chi connectivity index (χ0v) is 12.2. The Kier molecular flexibility index (Phi) is 8.17. The quantitative estimate of drug-likeness (QED) is 0.486. The molecule has 1 atom stereocenters. The van der Waals surface area contributed by atoms with Crippen LogP contribution in [0, 0.1) is 0 Å². The van der Waals surface area contributed by atoms with Crippen LogP contribution in [-0.2, 0) is 13.3 Å². The monoisotopic (exact) mass is 250 g/mol. The largest absolute Gasteiger partial charge is 0.500 e. The van der Waals surface area contributed by atoms with E-state index < -0.39 is 8.80 Å². The zero-order valence-electron chi connectivity index (χ0n) is 11.2. The molecule has 0 rings (SSSR count). The molecule has 0 saturated heterocycles. The smallest absolute Gasteiger partial charge is 0.377 e. The van der Waals surface area contributed by atoms with E-state index in [9.17, 15) is 0 Å². The molecule has 0 saturated carbocycles. The first-order chi connectivity index (χ1) is 7.59. The highest BCUT2D eigenvalue weighted by Gasteiger charge is 2.38. The lowest BCUT2D eigenvalue weighted by Gasteiger charge is -2.29. The van der Waals surface area contributed by atoms with Gasteiger partial charge in [0.15, 0.2) is 0 Å². The van der Waals surface area contributed by atoms with E-state index in [-0.39, 0.29) is 6.17 Å². The third-order valence-electron chi connectivity index (χ3n) is 2.96. The van der Waals surface area contributed by atoms with Gasteiger partial charge in [-0.25, -0.2) is 0 Å².